The molecular weight excluding hydrogens is 324 g/mol. The zero-order valence-electron chi connectivity index (χ0n) is 13.6. The summed E-state index contributed by atoms with van der Waals surface area (Å²) < 4.78 is 11.4. The number of ether oxygens (including phenoxy) is 2. The number of methoxy groups -OCH3 is 1. The molecule has 2 aromatic heterocycles. The van der Waals surface area contributed by atoms with E-state index in [1.54, 1.807) is 18.4 Å². The van der Waals surface area contributed by atoms with Crippen LogP contribution in [0.25, 0.3) is 10.9 Å². The van der Waals surface area contributed by atoms with Crippen LogP contribution in [0.15, 0.2) is 30.5 Å². The van der Waals surface area contributed by atoms with Crippen molar-refractivity contribution in [3.63, 3.8) is 0 Å². The summed E-state index contributed by atoms with van der Waals surface area (Å²) in [5.74, 6) is 0.963. The van der Waals surface area contributed by atoms with E-state index in [9.17, 15) is 0 Å². The summed E-state index contributed by atoms with van der Waals surface area (Å²) in [6, 6.07) is 8.21. The summed E-state index contributed by atoms with van der Waals surface area (Å²) in [6.45, 7) is 2.41. The van der Waals surface area contributed by atoms with Crippen LogP contribution in [-0.4, -0.2) is 41.5 Å². The van der Waals surface area contributed by atoms with Gasteiger partial charge >= 0.3 is 0 Å². The van der Waals surface area contributed by atoms with Gasteiger partial charge in [-0.25, -0.2) is 0 Å². The first-order valence-corrected chi connectivity index (χ1v) is 8.94. The number of hydrogen-bond acceptors (Lipinski definition) is 6. The second-order valence-corrected chi connectivity index (χ2v) is 6.95. The van der Waals surface area contributed by atoms with Gasteiger partial charge in [-0.15, -0.1) is 10.2 Å². The molecule has 24 heavy (non-hydrogen) atoms. The van der Waals surface area contributed by atoms with Crippen molar-refractivity contribution in [1.82, 2.24) is 15.2 Å². The Morgan fingerprint density at radius 3 is 2.96 bits per heavy atom. The molecule has 0 spiro atoms. The number of hydrogen-bond donors (Lipinski definition) is 1. The SMILES string of the molecule is COCc1nnc(N2CCC(Oc3cccc4[nH]ccc34)CC2)s1. The van der Waals surface area contributed by atoms with Gasteiger partial charge in [0.1, 0.15) is 23.5 Å². The number of piperidine rings is 1. The molecule has 1 fully saturated rings. The minimum absolute atomic E-state index is 0.244. The van der Waals surface area contributed by atoms with E-state index in [0.717, 1.165) is 52.7 Å². The molecule has 1 aliphatic rings. The van der Waals surface area contributed by atoms with Crippen molar-refractivity contribution < 1.29 is 9.47 Å². The standard InChI is InChI=1S/C17H20N4O2S/c1-22-11-16-19-20-17(24-16)21-9-6-12(7-10-21)23-15-4-2-3-14-13(15)5-8-18-14/h2-5,8,12,18H,6-7,9-11H2,1H3. The number of nitrogens with one attached hydrogen (secondary N) is 1. The molecule has 0 bridgehead atoms. The Morgan fingerprint density at radius 1 is 1.25 bits per heavy atom. The van der Waals surface area contributed by atoms with Gasteiger partial charge in [0.05, 0.1) is 0 Å². The van der Waals surface area contributed by atoms with E-state index in [0.29, 0.717) is 6.61 Å². The van der Waals surface area contributed by atoms with Crippen molar-refractivity contribution >= 4 is 27.4 Å². The maximum Gasteiger partial charge on any atom is 0.208 e. The molecule has 4 rings (SSSR count). The third-order valence-electron chi connectivity index (χ3n) is 4.29. The number of fused-ring (bicyclic) bond motifs is 1. The van der Waals surface area contributed by atoms with Crippen LogP contribution in [0.3, 0.4) is 0 Å². The van der Waals surface area contributed by atoms with Crippen LogP contribution in [0.4, 0.5) is 5.13 Å². The van der Waals surface area contributed by atoms with Crippen molar-refractivity contribution in [3.8, 4) is 5.75 Å². The second-order valence-electron chi connectivity index (χ2n) is 5.91. The molecule has 1 aromatic carbocycles. The molecule has 6 nitrogen and oxygen atoms in total. The van der Waals surface area contributed by atoms with E-state index in [-0.39, 0.29) is 6.10 Å². The van der Waals surface area contributed by atoms with E-state index in [1.165, 1.54) is 0 Å². The lowest BCUT2D eigenvalue weighted by Crippen LogP contribution is -2.38. The van der Waals surface area contributed by atoms with Crippen LogP contribution in [0.1, 0.15) is 17.8 Å². The van der Waals surface area contributed by atoms with Gasteiger partial charge in [-0.05, 0) is 18.2 Å². The molecule has 0 saturated carbocycles. The maximum absolute atomic E-state index is 6.26. The van der Waals surface area contributed by atoms with Crippen molar-refractivity contribution in [3.05, 3.63) is 35.5 Å². The first kappa shape index (κ1) is 15.4. The molecule has 0 amide bonds. The predicted octanol–water partition coefficient (Wildman–Crippen LogP) is 3.21. The molecule has 7 heteroatoms. The lowest BCUT2D eigenvalue weighted by atomic mass is 10.1. The van der Waals surface area contributed by atoms with E-state index in [2.05, 4.69) is 32.2 Å². The molecule has 1 N–H and O–H groups in total. The summed E-state index contributed by atoms with van der Waals surface area (Å²) in [5.41, 5.74) is 1.12. The van der Waals surface area contributed by atoms with Crippen LogP contribution < -0.4 is 9.64 Å². The molecule has 0 radical (unpaired) electrons. The highest BCUT2D eigenvalue weighted by atomic mass is 32.1. The Labute approximate surface area is 144 Å². The molecule has 1 aliphatic heterocycles. The van der Waals surface area contributed by atoms with Crippen LogP contribution >= 0.6 is 11.3 Å². The Morgan fingerprint density at radius 2 is 2.12 bits per heavy atom. The quantitative estimate of drug-likeness (QED) is 0.770. The van der Waals surface area contributed by atoms with E-state index in [4.69, 9.17) is 9.47 Å². The number of anilines is 1. The average molecular weight is 344 g/mol. The molecule has 0 aliphatic carbocycles. The molecule has 0 unspecified atom stereocenters. The van der Waals surface area contributed by atoms with Gasteiger partial charge in [-0.3, -0.25) is 0 Å². The lowest BCUT2D eigenvalue weighted by molar-refractivity contribution is 0.173. The molecule has 3 heterocycles. The zero-order chi connectivity index (χ0) is 16.4. The second kappa shape index (κ2) is 6.78. The Balaban J connectivity index is 1.38. The number of nitrogens with zero attached hydrogens (tertiary/aromatic N) is 3. The Bertz CT molecular complexity index is 808. The van der Waals surface area contributed by atoms with Gasteiger partial charge < -0.3 is 19.4 Å². The summed E-state index contributed by atoms with van der Waals surface area (Å²) in [6.07, 6.45) is 4.17. The smallest absolute Gasteiger partial charge is 0.208 e. The van der Waals surface area contributed by atoms with Crippen LogP contribution in [-0.2, 0) is 11.3 Å². The highest BCUT2D eigenvalue weighted by Gasteiger charge is 2.23. The average Bonchev–Trinajstić information content (AvgIpc) is 3.26. The van der Waals surface area contributed by atoms with Crippen LogP contribution in [0.5, 0.6) is 5.75 Å². The van der Waals surface area contributed by atoms with E-state index < -0.39 is 0 Å². The molecule has 3 aromatic rings. The van der Waals surface area contributed by atoms with Crippen molar-refractivity contribution in [1.29, 1.82) is 0 Å². The fourth-order valence-corrected chi connectivity index (χ4v) is 3.92. The molecule has 0 atom stereocenters. The highest BCUT2D eigenvalue weighted by molar-refractivity contribution is 7.15. The van der Waals surface area contributed by atoms with E-state index >= 15 is 0 Å². The Hall–Kier alpha value is -2.12. The fraction of sp³-hybridized carbons (Fsp3) is 0.412. The number of aromatic amines is 1. The first-order chi connectivity index (χ1) is 11.8. The number of H-pyrrole nitrogens is 1. The fourth-order valence-electron chi connectivity index (χ4n) is 3.06. The van der Waals surface area contributed by atoms with Gasteiger partial charge in [0, 0.05) is 50.1 Å². The molecule has 1 saturated heterocycles. The molecular formula is C17H20N4O2S. The van der Waals surface area contributed by atoms with Gasteiger partial charge in [0.15, 0.2) is 0 Å². The van der Waals surface area contributed by atoms with Crippen LogP contribution in [0, 0.1) is 0 Å². The third kappa shape index (κ3) is 3.09. The third-order valence-corrected chi connectivity index (χ3v) is 5.24. The van der Waals surface area contributed by atoms with Gasteiger partial charge in [-0.2, -0.15) is 0 Å². The lowest BCUT2D eigenvalue weighted by Gasteiger charge is -2.31. The zero-order valence-corrected chi connectivity index (χ0v) is 14.4. The van der Waals surface area contributed by atoms with Crippen LogP contribution in [0.2, 0.25) is 0 Å². The van der Waals surface area contributed by atoms with Gasteiger partial charge in [0.2, 0.25) is 5.13 Å². The highest BCUT2D eigenvalue weighted by Crippen LogP contribution is 2.29. The normalized spacial score (nSPS) is 16.0. The Kier molecular flexibility index (Phi) is 4.36. The van der Waals surface area contributed by atoms with Gasteiger partial charge in [-0.1, -0.05) is 17.4 Å². The number of rotatable bonds is 5. The summed E-state index contributed by atoms with van der Waals surface area (Å²) in [5, 5.41) is 11.5. The minimum atomic E-state index is 0.244. The summed E-state index contributed by atoms with van der Waals surface area (Å²) >= 11 is 1.61. The van der Waals surface area contributed by atoms with Gasteiger partial charge in [0.25, 0.3) is 0 Å². The van der Waals surface area contributed by atoms with E-state index in [1.807, 2.05) is 18.3 Å². The summed E-state index contributed by atoms with van der Waals surface area (Å²) in [7, 11) is 1.68. The first-order valence-electron chi connectivity index (χ1n) is 8.12. The van der Waals surface area contributed by atoms with Crippen molar-refractivity contribution in [2.24, 2.45) is 0 Å². The predicted molar refractivity (Wildman–Crippen MR) is 94.8 cm³/mol. The monoisotopic (exact) mass is 344 g/mol. The van der Waals surface area contributed by atoms with Crippen molar-refractivity contribution in [2.45, 2.75) is 25.6 Å². The topological polar surface area (TPSA) is 63.3 Å². The molecule has 126 valence electrons. The minimum Gasteiger partial charge on any atom is -0.490 e. The van der Waals surface area contributed by atoms with Crippen molar-refractivity contribution in [2.75, 3.05) is 25.1 Å². The number of benzene rings is 1. The maximum atomic E-state index is 6.26. The largest absolute Gasteiger partial charge is 0.490 e. The summed E-state index contributed by atoms with van der Waals surface area (Å²) in [4.78, 5) is 5.51. The number of aromatic nitrogens is 3.